The molecule has 0 atom stereocenters. The molecule has 0 aliphatic rings. The minimum atomic E-state index is 0.283. The van der Waals surface area contributed by atoms with Crippen molar-refractivity contribution in [3.63, 3.8) is 0 Å². The van der Waals surface area contributed by atoms with Gasteiger partial charge in [0.15, 0.2) is 0 Å². The average molecular weight is 285 g/mol. The molecule has 4 rings (SSSR count). The van der Waals surface area contributed by atoms with E-state index in [1.165, 1.54) is 0 Å². The lowest BCUT2D eigenvalue weighted by Gasteiger charge is -1.95. The number of pyridine rings is 1. The molecule has 0 aliphatic carbocycles. The van der Waals surface area contributed by atoms with Gasteiger partial charge in [-0.3, -0.25) is 0 Å². The van der Waals surface area contributed by atoms with E-state index in [-0.39, 0.29) is 4.84 Å². The Bertz CT molecular complexity index is 898. The van der Waals surface area contributed by atoms with Crippen molar-refractivity contribution in [1.82, 2.24) is 15.2 Å². The Hall–Kier alpha value is -2.05. The van der Waals surface area contributed by atoms with Crippen molar-refractivity contribution in [3.05, 3.63) is 41.2 Å². The highest BCUT2D eigenvalue weighted by molar-refractivity contribution is 7.71. The minimum absolute atomic E-state index is 0.283. The molecule has 4 nitrogen and oxygen atoms in total. The molecule has 0 aliphatic heterocycles. The topological polar surface area (TPSA) is 54.7 Å². The molecule has 0 saturated heterocycles. The van der Waals surface area contributed by atoms with Crippen LogP contribution in [0.3, 0.4) is 0 Å². The zero-order chi connectivity index (χ0) is 12.8. The predicted octanol–water partition coefficient (Wildman–Crippen LogP) is 4.16. The normalized spacial score (nSPS) is 11.4. The summed E-state index contributed by atoms with van der Waals surface area (Å²) >= 11 is 6.43. The first-order valence-electron chi connectivity index (χ1n) is 5.65. The Morgan fingerprint density at radius 1 is 1.16 bits per heavy atom. The number of hydrogen-bond donors (Lipinski definition) is 1. The maximum absolute atomic E-state index is 5.33. The lowest BCUT2D eigenvalue weighted by molar-refractivity contribution is 0.553. The largest absolute Gasteiger partial charge is 0.408 e. The number of thiophene rings is 1. The Morgan fingerprint density at radius 3 is 2.89 bits per heavy atom. The molecule has 0 fully saturated rings. The van der Waals surface area contributed by atoms with Crippen molar-refractivity contribution >= 4 is 44.7 Å². The van der Waals surface area contributed by atoms with E-state index in [1.807, 2.05) is 24.3 Å². The molecule has 1 N–H and O–H groups in total. The Balaban J connectivity index is 2.00. The number of H-pyrrole nitrogens is 1. The predicted molar refractivity (Wildman–Crippen MR) is 77.8 cm³/mol. The highest BCUT2D eigenvalue weighted by Crippen LogP contribution is 2.33. The molecule has 0 unspecified atom stereocenters. The third-order valence-corrected chi connectivity index (χ3v) is 4.07. The summed E-state index contributed by atoms with van der Waals surface area (Å²) in [5.41, 5.74) is 0.992. The first-order valence-corrected chi connectivity index (χ1v) is 6.87. The minimum Gasteiger partial charge on any atom is -0.408 e. The second-order valence-electron chi connectivity index (χ2n) is 4.10. The van der Waals surface area contributed by atoms with Crippen LogP contribution in [-0.4, -0.2) is 15.2 Å². The number of aromatic amines is 1. The molecule has 0 bridgehead atoms. The zero-order valence-corrected chi connectivity index (χ0v) is 11.2. The number of nitrogens with one attached hydrogen (secondary N) is 1. The standard InChI is InChI=1S/C13H7N3OS2/c18-13-16-15-11(17-13)10-6-8-5-7-3-1-2-4-9(7)14-12(8)19-10/h1-6H,(H,16,18). The van der Waals surface area contributed by atoms with Gasteiger partial charge in [-0.05, 0) is 30.4 Å². The SMILES string of the molecule is S=c1[nH]nc(-c2cc3cc4ccccc4nc3s2)o1. The van der Waals surface area contributed by atoms with Gasteiger partial charge >= 0.3 is 0 Å². The summed E-state index contributed by atoms with van der Waals surface area (Å²) in [5, 5.41) is 8.88. The van der Waals surface area contributed by atoms with Gasteiger partial charge in [-0.25, -0.2) is 10.1 Å². The van der Waals surface area contributed by atoms with Crippen molar-refractivity contribution in [3.8, 4) is 10.8 Å². The summed E-state index contributed by atoms with van der Waals surface area (Å²) in [6.45, 7) is 0. The van der Waals surface area contributed by atoms with Crippen molar-refractivity contribution in [1.29, 1.82) is 0 Å². The summed E-state index contributed by atoms with van der Waals surface area (Å²) in [7, 11) is 0. The fraction of sp³-hybridized carbons (Fsp3) is 0. The van der Waals surface area contributed by atoms with Gasteiger partial charge in [-0.2, -0.15) is 0 Å². The molecule has 1 aromatic carbocycles. The van der Waals surface area contributed by atoms with Gasteiger partial charge in [-0.15, -0.1) is 16.4 Å². The summed E-state index contributed by atoms with van der Waals surface area (Å²) in [4.78, 5) is 6.82. The van der Waals surface area contributed by atoms with E-state index in [0.29, 0.717) is 5.89 Å². The Labute approximate surface area is 116 Å². The van der Waals surface area contributed by atoms with E-state index < -0.39 is 0 Å². The van der Waals surface area contributed by atoms with Crippen LogP contribution >= 0.6 is 23.6 Å². The number of rotatable bonds is 1. The smallest absolute Gasteiger partial charge is 0.284 e. The van der Waals surface area contributed by atoms with Gasteiger partial charge < -0.3 is 4.42 Å². The molecular weight excluding hydrogens is 278 g/mol. The third-order valence-electron chi connectivity index (χ3n) is 2.86. The molecular formula is C13H7N3OS2. The summed E-state index contributed by atoms with van der Waals surface area (Å²) in [5.74, 6) is 0.511. The second kappa shape index (κ2) is 3.97. The molecule has 0 spiro atoms. The molecule has 0 amide bonds. The van der Waals surface area contributed by atoms with Crippen LogP contribution < -0.4 is 0 Å². The monoisotopic (exact) mass is 285 g/mol. The van der Waals surface area contributed by atoms with Gasteiger partial charge in [-0.1, -0.05) is 18.2 Å². The number of hydrogen-bond acceptors (Lipinski definition) is 5. The van der Waals surface area contributed by atoms with Crippen LogP contribution in [0.25, 0.3) is 31.9 Å². The highest BCUT2D eigenvalue weighted by atomic mass is 32.1. The summed E-state index contributed by atoms with van der Waals surface area (Å²) in [6, 6.07) is 12.2. The van der Waals surface area contributed by atoms with Crippen LogP contribution in [0.4, 0.5) is 0 Å². The highest BCUT2D eigenvalue weighted by Gasteiger charge is 2.10. The maximum atomic E-state index is 5.33. The van der Waals surface area contributed by atoms with Crippen LogP contribution in [0.15, 0.2) is 40.8 Å². The lowest BCUT2D eigenvalue weighted by atomic mass is 10.2. The Kier molecular flexibility index (Phi) is 2.27. The van der Waals surface area contributed by atoms with Gasteiger partial charge in [0.05, 0.1) is 10.4 Å². The second-order valence-corrected chi connectivity index (χ2v) is 5.51. The molecule has 3 aromatic heterocycles. The number of fused-ring (bicyclic) bond motifs is 2. The van der Waals surface area contributed by atoms with Gasteiger partial charge in [0.2, 0.25) is 0 Å². The molecule has 4 aromatic rings. The Morgan fingerprint density at radius 2 is 2.05 bits per heavy atom. The van der Waals surface area contributed by atoms with Crippen LogP contribution in [-0.2, 0) is 0 Å². The molecule has 19 heavy (non-hydrogen) atoms. The van der Waals surface area contributed by atoms with Gasteiger partial charge in [0.25, 0.3) is 10.7 Å². The number of nitrogens with zero attached hydrogens (tertiary/aromatic N) is 2. The summed E-state index contributed by atoms with van der Waals surface area (Å²) < 4.78 is 5.33. The van der Waals surface area contributed by atoms with Gasteiger partial charge in [0, 0.05) is 10.8 Å². The molecule has 6 heteroatoms. The summed E-state index contributed by atoms with van der Waals surface area (Å²) in [6.07, 6.45) is 0. The molecule has 92 valence electrons. The first-order chi connectivity index (χ1) is 9.29. The number of para-hydroxylation sites is 1. The van der Waals surface area contributed by atoms with Crippen LogP contribution in [0, 0.1) is 4.84 Å². The van der Waals surface area contributed by atoms with Crippen LogP contribution in [0.5, 0.6) is 0 Å². The molecule has 0 radical (unpaired) electrons. The van der Waals surface area contributed by atoms with Crippen molar-refractivity contribution in [2.75, 3.05) is 0 Å². The van der Waals surface area contributed by atoms with E-state index in [4.69, 9.17) is 16.6 Å². The fourth-order valence-electron chi connectivity index (χ4n) is 2.02. The van der Waals surface area contributed by atoms with Gasteiger partial charge in [0.1, 0.15) is 4.83 Å². The van der Waals surface area contributed by atoms with Crippen molar-refractivity contribution in [2.24, 2.45) is 0 Å². The van der Waals surface area contributed by atoms with Crippen molar-refractivity contribution in [2.45, 2.75) is 0 Å². The molecule has 3 heterocycles. The number of aromatic nitrogens is 3. The fourth-order valence-corrected chi connectivity index (χ4v) is 3.09. The van der Waals surface area contributed by atoms with E-state index in [1.54, 1.807) is 11.3 Å². The first kappa shape index (κ1) is 10.8. The molecule has 0 saturated carbocycles. The van der Waals surface area contributed by atoms with Crippen molar-refractivity contribution < 1.29 is 4.42 Å². The van der Waals surface area contributed by atoms with E-state index >= 15 is 0 Å². The van der Waals surface area contributed by atoms with E-state index in [9.17, 15) is 0 Å². The number of benzene rings is 1. The quantitative estimate of drug-likeness (QED) is 0.533. The van der Waals surface area contributed by atoms with Crippen LogP contribution in [0.2, 0.25) is 0 Å². The average Bonchev–Trinajstić information content (AvgIpc) is 3.01. The maximum Gasteiger partial charge on any atom is 0.284 e. The third kappa shape index (κ3) is 1.76. The van der Waals surface area contributed by atoms with E-state index in [2.05, 4.69) is 27.3 Å². The lowest BCUT2D eigenvalue weighted by Crippen LogP contribution is -1.76. The van der Waals surface area contributed by atoms with Crippen LogP contribution in [0.1, 0.15) is 0 Å². The van der Waals surface area contributed by atoms with E-state index in [0.717, 1.165) is 26.0 Å². The zero-order valence-electron chi connectivity index (χ0n) is 9.58.